The zero-order valence-electron chi connectivity index (χ0n) is 8.29. The number of aryl methyl sites for hydroxylation is 1. The Morgan fingerprint density at radius 2 is 2.06 bits per heavy atom. The molecule has 6 heteroatoms. The molecule has 0 aliphatic carbocycles. The lowest BCUT2D eigenvalue weighted by molar-refractivity contribution is -0.138. The summed E-state index contributed by atoms with van der Waals surface area (Å²) in [5, 5.41) is 8.37. The minimum absolute atomic E-state index is 0.0112. The van der Waals surface area contributed by atoms with Gasteiger partial charge in [0, 0.05) is 18.3 Å². The van der Waals surface area contributed by atoms with Gasteiger partial charge in [0.25, 0.3) is 0 Å². The Kier molecular flexibility index (Phi) is 3.87. The molecule has 1 aromatic rings. The summed E-state index contributed by atoms with van der Waals surface area (Å²) in [5.74, 6) is -0.924. The number of alkyl halides is 3. The number of hydrogen-bond donors (Lipinski definition) is 1. The van der Waals surface area contributed by atoms with E-state index in [1.54, 1.807) is 0 Å². The first kappa shape index (κ1) is 12.5. The maximum atomic E-state index is 12.2. The number of hydrogen-bond acceptors (Lipinski definition) is 2. The lowest BCUT2D eigenvalue weighted by Gasteiger charge is -2.06. The molecule has 0 aliphatic heterocycles. The maximum Gasteiger partial charge on any atom is 0.417 e. The van der Waals surface area contributed by atoms with Crippen LogP contribution in [0, 0.1) is 0 Å². The van der Waals surface area contributed by atoms with Gasteiger partial charge in [0.2, 0.25) is 0 Å². The first-order valence-electron chi connectivity index (χ1n) is 4.63. The number of carbonyl (C=O) groups is 1. The number of aromatic nitrogens is 1. The Morgan fingerprint density at radius 1 is 1.38 bits per heavy atom. The van der Waals surface area contributed by atoms with Crippen molar-refractivity contribution in [3.05, 3.63) is 29.6 Å². The molecule has 0 spiro atoms. The minimum atomic E-state index is -4.38. The maximum absolute atomic E-state index is 12.2. The highest BCUT2D eigenvalue weighted by Crippen LogP contribution is 2.28. The Balaban J connectivity index is 2.55. The molecule has 16 heavy (non-hydrogen) atoms. The molecular weight excluding hydrogens is 223 g/mol. The molecule has 0 bridgehead atoms. The third-order valence-corrected chi connectivity index (χ3v) is 1.98. The number of pyridine rings is 1. The zero-order valence-corrected chi connectivity index (χ0v) is 8.29. The molecule has 1 heterocycles. The van der Waals surface area contributed by atoms with Gasteiger partial charge in [0.15, 0.2) is 0 Å². The Hall–Kier alpha value is -1.59. The fourth-order valence-electron chi connectivity index (χ4n) is 1.16. The fraction of sp³-hybridized carbons (Fsp3) is 0.400. The van der Waals surface area contributed by atoms with Crippen LogP contribution in [0.2, 0.25) is 0 Å². The molecule has 0 radical (unpaired) electrons. The van der Waals surface area contributed by atoms with Crippen molar-refractivity contribution >= 4 is 5.97 Å². The van der Waals surface area contributed by atoms with Crippen LogP contribution in [0.4, 0.5) is 13.2 Å². The van der Waals surface area contributed by atoms with Crippen molar-refractivity contribution < 1.29 is 23.1 Å². The molecule has 3 nitrogen and oxygen atoms in total. The van der Waals surface area contributed by atoms with Gasteiger partial charge < -0.3 is 5.11 Å². The van der Waals surface area contributed by atoms with Gasteiger partial charge in [-0.25, -0.2) is 0 Å². The van der Waals surface area contributed by atoms with Crippen LogP contribution in [0.15, 0.2) is 18.3 Å². The lowest BCUT2D eigenvalue weighted by Crippen LogP contribution is -2.06. The second-order valence-electron chi connectivity index (χ2n) is 3.28. The number of nitrogens with zero attached hydrogens (tertiary/aromatic N) is 1. The zero-order chi connectivity index (χ0) is 12.2. The van der Waals surface area contributed by atoms with Crippen molar-refractivity contribution in [2.75, 3.05) is 0 Å². The van der Waals surface area contributed by atoms with Gasteiger partial charge in [-0.2, -0.15) is 13.2 Å². The Bertz CT molecular complexity index is 359. The predicted octanol–water partition coefficient (Wildman–Crippen LogP) is 2.51. The second-order valence-corrected chi connectivity index (χ2v) is 3.28. The standard InChI is InChI=1S/C10H10F3NO2/c11-10(12,13)7-4-5-8(14-6-7)2-1-3-9(15)16/h4-6H,1-3H2,(H,15,16). The summed E-state index contributed by atoms with van der Waals surface area (Å²) in [4.78, 5) is 13.8. The summed E-state index contributed by atoms with van der Waals surface area (Å²) in [7, 11) is 0. The van der Waals surface area contributed by atoms with E-state index in [2.05, 4.69) is 4.98 Å². The predicted molar refractivity (Wildman–Crippen MR) is 49.8 cm³/mol. The quantitative estimate of drug-likeness (QED) is 0.869. The summed E-state index contributed by atoms with van der Waals surface area (Å²) in [6, 6.07) is 2.22. The second kappa shape index (κ2) is 4.96. The highest BCUT2D eigenvalue weighted by Gasteiger charge is 2.30. The van der Waals surface area contributed by atoms with Crippen molar-refractivity contribution in [3.8, 4) is 0 Å². The van der Waals surface area contributed by atoms with Gasteiger partial charge in [0.1, 0.15) is 0 Å². The van der Waals surface area contributed by atoms with Gasteiger partial charge in [-0.1, -0.05) is 0 Å². The van der Waals surface area contributed by atoms with Crippen molar-refractivity contribution in [1.82, 2.24) is 4.98 Å². The number of carboxylic acids is 1. The topological polar surface area (TPSA) is 50.2 Å². The van der Waals surface area contributed by atoms with Gasteiger partial charge >= 0.3 is 12.1 Å². The lowest BCUT2D eigenvalue weighted by atomic mass is 10.1. The monoisotopic (exact) mass is 233 g/mol. The molecule has 0 amide bonds. The molecule has 0 unspecified atom stereocenters. The van der Waals surface area contributed by atoms with E-state index in [0.717, 1.165) is 12.3 Å². The van der Waals surface area contributed by atoms with Crippen molar-refractivity contribution in [2.24, 2.45) is 0 Å². The summed E-state index contributed by atoms with van der Waals surface area (Å²) in [6.45, 7) is 0. The summed E-state index contributed by atoms with van der Waals surface area (Å²) in [5.41, 5.74) is -0.330. The summed E-state index contributed by atoms with van der Waals surface area (Å²) in [6.07, 6.45) is -2.90. The molecular formula is C10H10F3NO2. The molecule has 0 aliphatic rings. The molecule has 0 fully saturated rings. The SMILES string of the molecule is O=C(O)CCCc1ccc(C(F)(F)F)cn1. The van der Waals surface area contributed by atoms with Crippen LogP contribution < -0.4 is 0 Å². The summed E-state index contributed by atoms with van der Waals surface area (Å²) < 4.78 is 36.5. The van der Waals surface area contributed by atoms with Gasteiger partial charge in [-0.3, -0.25) is 9.78 Å². The molecule has 0 atom stereocenters. The Morgan fingerprint density at radius 3 is 2.50 bits per heavy atom. The van der Waals surface area contributed by atoms with E-state index >= 15 is 0 Å². The highest BCUT2D eigenvalue weighted by atomic mass is 19.4. The van der Waals surface area contributed by atoms with Crippen LogP contribution in [0.5, 0.6) is 0 Å². The van der Waals surface area contributed by atoms with Crippen molar-refractivity contribution in [3.63, 3.8) is 0 Å². The van der Waals surface area contributed by atoms with E-state index in [4.69, 9.17) is 5.11 Å². The molecule has 0 saturated carbocycles. The van der Waals surface area contributed by atoms with E-state index in [1.165, 1.54) is 6.07 Å². The molecule has 1 N–H and O–H groups in total. The van der Waals surface area contributed by atoms with E-state index in [0.29, 0.717) is 18.5 Å². The normalized spacial score (nSPS) is 11.4. The van der Waals surface area contributed by atoms with Crippen LogP contribution in [-0.4, -0.2) is 16.1 Å². The molecule has 88 valence electrons. The van der Waals surface area contributed by atoms with E-state index in [1.807, 2.05) is 0 Å². The van der Waals surface area contributed by atoms with Crippen LogP contribution >= 0.6 is 0 Å². The summed E-state index contributed by atoms with van der Waals surface area (Å²) >= 11 is 0. The molecule has 1 rings (SSSR count). The first-order chi connectivity index (χ1) is 7.39. The van der Waals surface area contributed by atoms with Gasteiger partial charge in [-0.15, -0.1) is 0 Å². The number of halogens is 3. The van der Waals surface area contributed by atoms with E-state index in [9.17, 15) is 18.0 Å². The van der Waals surface area contributed by atoms with Crippen molar-refractivity contribution in [1.29, 1.82) is 0 Å². The third-order valence-electron chi connectivity index (χ3n) is 1.98. The van der Waals surface area contributed by atoms with E-state index in [-0.39, 0.29) is 6.42 Å². The van der Waals surface area contributed by atoms with Gasteiger partial charge in [0.05, 0.1) is 5.56 Å². The van der Waals surface area contributed by atoms with Crippen LogP contribution in [-0.2, 0) is 17.4 Å². The fourth-order valence-corrected chi connectivity index (χ4v) is 1.16. The average molecular weight is 233 g/mol. The minimum Gasteiger partial charge on any atom is -0.481 e. The van der Waals surface area contributed by atoms with Crippen LogP contribution in [0.3, 0.4) is 0 Å². The van der Waals surface area contributed by atoms with Gasteiger partial charge in [-0.05, 0) is 25.0 Å². The molecule has 0 aromatic carbocycles. The highest BCUT2D eigenvalue weighted by molar-refractivity contribution is 5.66. The number of carboxylic acid groups (broad SMARTS) is 1. The van der Waals surface area contributed by atoms with E-state index < -0.39 is 17.7 Å². The Labute approximate surface area is 89.9 Å². The first-order valence-corrected chi connectivity index (χ1v) is 4.63. The number of aliphatic carboxylic acids is 1. The third kappa shape index (κ3) is 3.88. The smallest absolute Gasteiger partial charge is 0.417 e. The van der Waals surface area contributed by atoms with Crippen LogP contribution in [0.1, 0.15) is 24.1 Å². The van der Waals surface area contributed by atoms with Crippen molar-refractivity contribution in [2.45, 2.75) is 25.4 Å². The van der Waals surface area contributed by atoms with Crippen LogP contribution in [0.25, 0.3) is 0 Å². The number of rotatable bonds is 4. The molecule has 0 saturated heterocycles. The largest absolute Gasteiger partial charge is 0.481 e. The average Bonchev–Trinajstić information content (AvgIpc) is 2.16. The molecule has 1 aromatic heterocycles.